The van der Waals surface area contributed by atoms with Gasteiger partial charge in [0, 0.05) is 32.8 Å². The quantitative estimate of drug-likeness (QED) is 0.137. The van der Waals surface area contributed by atoms with E-state index in [4.69, 9.17) is 14.8 Å². The Bertz CT molecular complexity index is 1280. The molecule has 0 aliphatic heterocycles. The van der Waals surface area contributed by atoms with Gasteiger partial charge in [-0.05, 0) is 67.2 Å². The monoisotopic (exact) mass is 586 g/mol. The Morgan fingerprint density at radius 3 is 2.14 bits per heavy atom. The van der Waals surface area contributed by atoms with Crippen LogP contribution in [0.2, 0.25) is 0 Å². The Morgan fingerprint density at radius 2 is 1.49 bits per heavy atom. The summed E-state index contributed by atoms with van der Waals surface area (Å²) in [6, 6.07) is 27.4. The highest BCUT2D eigenvalue weighted by Crippen LogP contribution is 2.21. The highest BCUT2D eigenvalue weighted by molar-refractivity contribution is 5.75. The molecule has 0 fully saturated rings. The van der Waals surface area contributed by atoms with Crippen molar-refractivity contribution in [3.8, 4) is 5.75 Å². The molecule has 1 heterocycles. The normalized spacial score (nSPS) is 11.4. The number of aliphatic hydroxyl groups is 1. The number of aliphatic hydroxyl groups excluding tert-OH is 1. The van der Waals surface area contributed by atoms with E-state index in [2.05, 4.69) is 110 Å². The molecule has 0 aliphatic rings. The number of para-hydroxylation sites is 2. The molecule has 4 rings (SSSR count). The predicted molar refractivity (Wildman–Crippen MR) is 180 cm³/mol. The fraction of sp³-hybridized carbons (Fsp3) is 0.486. The second-order valence-electron chi connectivity index (χ2n) is 11.6. The minimum atomic E-state index is 0.316. The van der Waals surface area contributed by atoms with Crippen LogP contribution in [0.5, 0.6) is 5.75 Å². The largest absolute Gasteiger partial charge is 0.489 e. The lowest BCUT2D eigenvalue weighted by Gasteiger charge is -2.24. The number of benzene rings is 3. The lowest BCUT2D eigenvalue weighted by Crippen LogP contribution is -2.28. The summed E-state index contributed by atoms with van der Waals surface area (Å²) >= 11 is 0. The molecule has 6 nitrogen and oxygen atoms in total. The first-order valence-electron chi connectivity index (χ1n) is 16.2. The Morgan fingerprint density at radius 1 is 0.791 bits per heavy atom. The zero-order chi connectivity index (χ0) is 30.9. The van der Waals surface area contributed by atoms with Crippen molar-refractivity contribution in [3.63, 3.8) is 0 Å². The van der Waals surface area contributed by atoms with Gasteiger partial charge in [0.1, 0.15) is 18.2 Å². The van der Waals surface area contributed by atoms with Crippen LogP contribution in [0.1, 0.15) is 70.8 Å². The second kappa shape index (κ2) is 19.2. The number of hydrogen-bond acceptors (Lipinski definition) is 5. The zero-order valence-electron chi connectivity index (χ0n) is 27.2. The summed E-state index contributed by atoms with van der Waals surface area (Å²) in [5, 5.41) is 8.48. The fourth-order valence-corrected chi connectivity index (χ4v) is 5.24. The van der Waals surface area contributed by atoms with E-state index in [0.717, 1.165) is 69.3 Å². The van der Waals surface area contributed by atoms with Crippen molar-refractivity contribution < 1.29 is 9.84 Å². The molecular formula is C37H54N4O2. The molecule has 3 aromatic carbocycles. The molecule has 0 amide bonds. The van der Waals surface area contributed by atoms with Crippen LogP contribution in [-0.2, 0) is 26.2 Å². The molecule has 0 radical (unpaired) electrons. The van der Waals surface area contributed by atoms with Crippen LogP contribution in [0, 0.1) is 5.92 Å². The van der Waals surface area contributed by atoms with E-state index in [-0.39, 0.29) is 0 Å². The van der Waals surface area contributed by atoms with Crippen LogP contribution in [0.3, 0.4) is 0 Å². The predicted octanol–water partition coefficient (Wildman–Crippen LogP) is 7.78. The van der Waals surface area contributed by atoms with Crippen molar-refractivity contribution in [2.75, 3.05) is 32.8 Å². The van der Waals surface area contributed by atoms with E-state index in [0.29, 0.717) is 19.1 Å². The average molecular weight is 587 g/mol. The van der Waals surface area contributed by atoms with Gasteiger partial charge in [-0.25, -0.2) is 4.98 Å². The molecule has 1 N–H and O–H groups in total. The summed E-state index contributed by atoms with van der Waals surface area (Å²) in [5.74, 6) is 2.66. The van der Waals surface area contributed by atoms with Crippen molar-refractivity contribution in [1.82, 2.24) is 19.4 Å². The van der Waals surface area contributed by atoms with E-state index in [9.17, 15) is 0 Å². The van der Waals surface area contributed by atoms with Crippen LogP contribution in [0.4, 0.5) is 0 Å². The van der Waals surface area contributed by atoms with E-state index in [1.165, 1.54) is 29.5 Å². The summed E-state index contributed by atoms with van der Waals surface area (Å²) in [4.78, 5) is 9.85. The Kier molecular flexibility index (Phi) is 15.3. The molecule has 234 valence electrons. The molecule has 0 saturated heterocycles. The van der Waals surface area contributed by atoms with Gasteiger partial charge in [0.15, 0.2) is 0 Å². The SMILES string of the molecule is CCCCn1c(CN(Cc2ccc(OCc3ccccc3)cc2)CC(C)C)nc2ccccc21.CCN(CC)CCCO. The van der Waals surface area contributed by atoms with E-state index in [1.54, 1.807) is 0 Å². The maximum absolute atomic E-state index is 8.48. The van der Waals surface area contributed by atoms with Crippen LogP contribution in [-0.4, -0.2) is 57.2 Å². The molecule has 0 unspecified atom stereocenters. The maximum Gasteiger partial charge on any atom is 0.124 e. The van der Waals surface area contributed by atoms with E-state index < -0.39 is 0 Å². The number of nitrogens with zero attached hydrogens (tertiary/aromatic N) is 4. The zero-order valence-corrected chi connectivity index (χ0v) is 27.2. The number of imidazole rings is 1. The number of fused-ring (bicyclic) bond motifs is 1. The molecule has 0 aliphatic carbocycles. The third-order valence-electron chi connectivity index (χ3n) is 7.56. The maximum atomic E-state index is 8.48. The first kappa shape index (κ1) is 34.3. The molecule has 0 spiro atoms. The molecular weight excluding hydrogens is 532 g/mol. The lowest BCUT2D eigenvalue weighted by atomic mass is 10.1. The van der Waals surface area contributed by atoms with Gasteiger partial charge in [-0.15, -0.1) is 0 Å². The Balaban J connectivity index is 0.000000489. The van der Waals surface area contributed by atoms with E-state index >= 15 is 0 Å². The summed E-state index contributed by atoms with van der Waals surface area (Å²) in [6.45, 7) is 19.0. The smallest absolute Gasteiger partial charge is 0.124 e. The topological polar surface area (TPSA) is 53.8 Å². The Labute approximate surface area is 260 Å². The summed E-state index contributed by atoms with van der Waals surface area (Å²) in [6.07, 6.45) is 3.25. The summed E-state index contributed by atoms with van der Waals surface area (Å²) < 4.78 is 8.40. The van der Waals surface area contributed by atoms with Gasteiger partial charge in [-0.3, -0.25) is 4.90 Å². The van der Waals surface area contributed by atoms with Crippen LogP contribution in [0.25, 0.3) is 11.0 Å². The number of hydrogen-bond donors (Lipinski definition) is 1. The number of rotatable bonds is 17. The van der Waals surface area contributed by atoms with Crippen LogP contribution < -0.4 is 4.74 Å². The van der Waals surface area contributed by atoms with Gasteiger partial charge >= 0.3 is 0 Å². The van der Waals surface area contributed by atoms with Gasteiger partial charge in [0.2, 0.25) is 0 Å². The van der Waals surface area contributed by atoms with Gasteiger partial charge in [0.05, 0.1) is 17.6 Å². The minimum Gasteiger partial charge on any atom is -0.489 e. The molecule has 0 bridgehead atoms. The molecule has 1 aromatic heterocycles. The van der Waals surface area contributed by atoms with Crippen molar-refractivity contribution in [2.24, 2.45) is 5.92 Å². The van der Waals surface area contributed by atoms with Crippen molar-refractivity contribution in [2.45, 2.75) is 80.1 Å². The third kappa shape index (κ3) is 11.8. The first-order valence-corrected chi connectivity index (χ1v) is 16.2. The van der Waals surface area contributed by atoms with Crippen molar-refractivity contribution >= 4 is 11.0 Å². The molecule has 0 saturated carbocycles. The summed E-state index contributed by atoms with van der Waals surface area (Å²) in [5.41, 5.74) is 4.82. The fourth-order valence-electron chi connectivity index (χ4n) is 5.24. The minimum absolute atomic E-state index is 0.316. The van der Waals surface area contributed by atoms with Gasteiger partial charge in [-0.2, -0.15) is 0 Å². The van der Waals surface area contributed by atoms with Crippen LogP contribution >= 0.6 is 0 Å². The average Bonchev–Trinajstić information content (AvgIpc) is 3.37. The number of aryl methyl sites for hydroxylation is 1. The number of ether oxygens (including phenoxy) is 1. The van der Waals surface area contributed by atoms with Gasteiger partial charge in [-0.1, -0.05) is 95.6 Å². The highest BCUT2D eigenvalue weighted by Gasteiger charge is 2.16. The first-order chi connectivity index (χ1) is 21.0. The van der Waals surface area contributed by atoms with Crippen molar-refractivity contribution in [3.05, 3.63) is 95.8 Å². The standard InChI is InChI=1S/C30H37N3O.C7H17NO/c1-4-5-19-33-29-14-10-9-13-28(29)31-30(33)22-32(20-24(2)3)21-25-15-17-27(18-16-25)34-23-26-11-7-6-8-12-26;1-3-8(4-2)6-5-7-9/h6-18,24H,4-5,19-23H2,1-3H3;9H,3-7H2,1-2H3. The molecule has 43 heavy (non-hydrogen) atoms. The van der Waals surface area contributed by atoms with Crippen LogP contribution in [0.15, 0.2) is 78.9 Å². The third-order valence-corrected chi connectivity index (χ3v) is 7.56. The number of aromatic nitrogens is 2. The highest BCUT2D eigenvalue weighted by atomic mass is 16.5. The van der Waals surface area contributed by atoms with Crippen molar-refractivity contribution in [1.29, 1.82) is 0 Å². The lowest BCUT2D eigenvalue weighted by molar-refractivity contribution is 0.219. The molecule has 4 aromatic rings. The Hall–Kier alpha value is -3.19. The molecule has 0 atom stereocenters. The van der Waals surface area contributed by atoms with Gasteiger partial charge in [0.25, 0.3) is 0 Å². The second-order valence-corrected chi connectivity index (χ2v) is 11.6. The number of unbranched alkanes of at least 4 members (excludes halogenated alkanes) is 1. The molecule has 6 heteroatoms. The van der Waals surface area contributed by atoms with Gasteiger partial charge < -0.3 is 19.3 Å². The van der Waals surface area contributed by atoms with E-state index in [1.807, 2.05) is 18.2 Å². The summed E-state index contributed by atoms with van der Waals surface area (Å²) in [7, 11) is 0.